The van der Waals surface area contributed by atoms with E-state index >= 15 is 0 Å². The Bertz CT molecular complexity index is 1120. The quantitative estimate of drug-likeness (QED) is 0.374. The van der Waals surface area contributed by atoms with Crippen molar-refractivity contribution >= 4 is 23.3 Å². The fraction of sp³-hybridized carbons (Fsp3) is 0.250. The fourth-order valence-corrected chi connectivity index (χ4v) is 4.25. The Labute approximate surface area is 200 Å². The van der Waals surface area contributed by atoms with Crippen molar-refractivity contribution in [2.45, 2.75) is 25.3 Å². The van der Waals surface area contributed by atoms with Crippen LogP contribution in [-0.2, 0) is 14.3 Å². The first-order valence-electron chi connectivity index (χ1n) is 11.6. The van der Waals surface area contributed by atoms with Gasteiger partial charge in [-0.1, -0.05) is 78.9 Å². The van der Waals surface area contributed by atoms with Crippen LogP contribution in [0.15, 0.2) is 96.1 Å². The first-order valence-corrected chi connectivity index (χ1v) is 11.6. The molecule has 0 saturated carbocycles. The van der Waals surface area contributed by atoms with E-state index in [9.17, 15) is 9.59 Å². The number of carbonyl (C=O) groups is 2. The van der Waals surface area contributed by atoms with Gasteiger partial charge in [-0.05, 0) is 36.1 Å². The molecule has 4 rings (SSSR count). The summed E-state index contributed by atoms with van der Waals surface area (Å²) in [6.45, 7) is 0.487. The molecular weight excluding hydrogens is 426 g/mol. The van der Waals surface area contributed by atoms with Crippen LogP contribution in [0.2, 0.25) is 0 Å². The molecule has 34 heavy (non-hydrogen) atoms. The molecule has 3 aromatic rings. The molecular formula is C28H29N3O3. The Morgan fingerprint density at radius 1 is 0.882 bits per heavy atom. The first kappa shape index (κ1) is 23.2. The molecule has 1 aliphatic rings. The van der Waals surface area contributed by atoms with Crippen molar-refractivity contribution in [3.05, 3.63) is 102 Å². The SMILES string of the molecule is COC(=O)CCCCNC(=O)C1C(c2ccccc2)=NN(c2ccccc2)C1c1ccccc1. The minimum absolute atomic E-state index is 0.0760. The molecule has 1 aliphatic heterocycles. The van der Waals surface area contributed by atoms with Gasteiger partial charge in [0, 0.05) is 13.0 Å². The monoisotopic (exact) mass is 455 g/mol. The third kappa shape index (κ3) is 5.34. The molecule has 174 valence electrons. The van der Waals surface area contributed by atoms with Gasteiger partial charge in [-0.15, -0.1) is 0 Å². The number of hydrogen-bond donors (Lipinski definition) is 1. The second-order valence-corrected chi connectivity index (χ2v) is 8.19. The zero-order chi connectivity index (χ0) is 23.8. The Balaban J connectivity index is 1.64. The third-order valence-electron chi connectivity index (χ3n) is 5.94. The molecule has 2 atom stereocenters. The summed E-state index contributed by atoms with van der Waals surface area (Å²) in [7, 11) is 1.39. The van der Waals surface area contributed by atoms with E-state index in [0.29, 0.717) is 25.8 Å². The maximum Gasteiger partial charge on any atom is 0.305 e. The maximum atomic E-state index is 13.6. The van der Waals surface area contributed by atoms with Crippen LogP contribution in [0.3, 0.4) is 0 Å². The smallest absolute Gasteiger partial charge is 0.305 e. The van der Waals surface area contributed by atoms with E-state index in [2.05, 4.69) is 5.32 Å². The molecule has 0 saturated heterocycles. The molecule has 1 N–H and O–H groups in total. The predicted molar refractivity (Wildman–Crippen MR) is 133 cm³/mol. The van der Waals surface area contributed by atoms with E-state index in [1.165, 1.54) is 7.11 Å². The number of nitrogens with one attached hydrogen (secondary N) is 1. The van der Waals surface area contributed by atoms with Crippen LogP contribution in [-0.4, -0.2) is 31.2 Å². The largest absolute Gasteiger partial charge is 0.469 e. The summed E-state index contributed by atoms with van der Waals surface area (Å²) < 4.78 is 4.69. The van der Waals surface area contributed by atoms with Gasteiger partial charge < -0.3 is 10.1 Å². The summed E-state index contributed by atoms with van der Waals surface area (Å²) in [5.41, 5.74) is 3.61. The summed E-state index contributed by atoms with van der Waals surface area (Å²) in [5.74, 6) is -0.804. The second-order valence-electron chi connectivity index (χ2n) is 8.19. The Morgan fingerprint density at radius 2 is 1.50 bits per heavy atom. The number of benzene rings is 3. The molecule has 0 aromatic heterocycles. The van der Waals surface area contributed by atoms with Gasteiger partial charge in [0.15, 0.2) is 0 Å². The Kier molecular flexibility index (Phi) is 7.71. The van der Waals surface area contributed by atoms with E-state index in [1.54, 1.807) is 0 Å². The number of ether oxygens (including phenoxy) is 1. The number of hydrogen-bond acceptors (Lipinski definition) is 5. The number of rotatable bonds is 9. The molecule has 2 unspecified atom stereocenters. The lowest BCUT2D eigenvalue weighted by Crippen LogP contribution is -2.39. The predicted octanol–water partition coefficient (Wildman–Crippen LogP) is 4.73. The van der Waals surface area contributed by atoms with E-state index < -0.39 is 5.92 Å². The average Bonchev–Trinajstić information content (AvgIpc) is 3.30. The minimum atomic E-state index is -0.495. The van der Waals surface area contributed by atoms with Gasteiger partial charge in [0.25, 0.3) is 0 Å². The summed E-state index contributed by atoms with van der Waals surface area (Å²) in [6, 6.07) is 29.6. The molecule has 1 amide bonds. The number of methoxy groups -OCH3 is 1. The maximum absolute atomic E-state index is 13.6. The molecule has 1 heterocycles. The lowest BCUT2D eigenvalue weighted by Gasteiger charge is -2.28. The van der Waals surface area contributed by atoms with Crippen molar-refractivity contribution in [2.75, 3.05) is 18.7 Å². The highest BCUT2D eigenvalue weighted by atomic mass is 16.5. The van der Waals surface area contributed by atoms with Crippen molar-refractivity contribution in [3.63, 3.8) is 0 Å². The lowest BCUT2D eigenvalue weighted by molar-refractivity contribution is -0.140. The van der Waals surface area contributed by atoms with Crippen LogP contribution in [0.5, 0.6) is 0 Å². The molecule has 6 heteroatoms. The van der Waals surface area contributed by atoms with Crippen LogP contribution >= 0.6 is 0 Å². The van der Waals surface area contributed by atoms with Crippen LogP contribution in [0, 0.1) is 5.92 Å². The second kappa shape index (κ2) is 11.3. The van der Waals surface area contributed by atoms with Gasteiger partial charge in [-0.3, -0.25) is 14.6 Å². The molecule has 0 fully saturated rings. The topological polar surface area (TPSA) is 71.0 Å². The minimum Gasteiger partial charge on any atom is -0.469 e. The van der Waals surface area contributed by atoms with Gasteiger partial charge in [-0.25, -0.2) is 0 Å². The van der Waals surface area contributed by atoms with E-state index in [4.69, 9.17) is 9.84 Å². The molecule has 0 spiro atoms. The molecule has 0 bridgehead atoms. The zero-order valence-electron chi connectivity index (χ0n) is 19.3. The molecule has 0 aliphatic carbocycles. The number of unbranched alkanes of at least 4 members (excludes halogenated alkanes) is 1. The number of anilines is 1. The molecule has 0 radical (unpaired) electrons. The van der Waals surface area contributed by atoms with Crippen molar-refractivity contribution in [1.82, 2.24) is 5.32 Å². The van der Waals surface area contributed by atoms with Crippen molar-refractivity contribution < 1.29 is 14.3 Å². The van der Waals surface area contributed by atoms with Gasteiger partial charge in [0.1, 0.15) is 5.92 Å². The Morgan fingerprint density at radius 3 is 2.15 bits per heavy atom. The zero-order valence-corrected chi connectivity index (χ0v) is 19.3. The van der Waals surface area contributed by atoms with Crippen molar-refractivity contribution in [1.29, 1.82) is 0 Å². The highest BCUT2D eigenvalue weighted by molar-refractivity contribution is 6.15. The Hall–Kier alpha value is -3.93. The first-order chi connectivity index (χ1) is 16.7. The van der Waals surface area contributed by atoms with Crippen molar-refractivity contribution in [3.8, 4) is 0 Å². The van der Waals surface area contributed by atoms with Crippen molar-refractivity contribution in [2.24, 2.45) is 11.0 Å². The van der Waals surface area contributed by atoms with Crippen LogP contribution in [0.25, 0.3) is 0 Å². The molecule has 6 nitrogen and oxygen atoms in total. The van der Waals surface area contributed by atoms with Crippen LogP contribution in [0.4, 0.5) is 5.69 Å². The standard InChI is InChI=1S/C28H29N3O3/c1-34-24(32)19-11-12-20-29-28(33)25-26(21-13-5-2-6-14-21)30-31(23-17-9-4-10-18-23)27(25)22-15-7-3-8-16-22/h2-10,13-18,25,27H,11-12,19-20H2,1H3,(H,29,33). The highest BCUT2D eigenvalue weighted by Crippen LogP contribution is 2.40. The fourth-order valence-electron chi connectivity index (χ4n) is 4.25. The number of para-hydroxylation sites is 1. The summed E-state index contributed by atoms with van der Waals surface area (Å²) >= 11 is 0. The lowest BCUT2D eigenvalue weighted by atomic mass is 9.86. The summed E-state index contributed by atoms with van der Waals surface area (Å²) in [4.78, 5) is 25.0. The van der Waals surface area contributed by atoms with Crippen LogP contribution in [0.1, 0.15) is 36.4 Å². The normalized spacial score (nSPS) is 17.2. The van der Waals surface area contributed by atoms with E-state index in [-0.39, 0.29) is 17.9 Å². The van der Waals surface area contributed by atoms with E-state index in [0.717, 1.165) is 22.5 Å². The van der Waals surface area contributed by atoms with Gasteiger partial charge >= 0.3 is 5.97 Å². The molecule has 3 aromatic carbocycles. The van der Waals surface area contributed by atoms with Crippen LogP contribution < -0.4 is 10.3 Å². The summed E-state index contributed by atoms with van der Waals surface area (Å²) in [6.07, 6.45) is 1.71. The van der Waals surface area contributed by atoms with E-state index in [1.807, 2.05) is 96.0 Å². The third-order valence-corrected chi connectivity index (χ3v) is 5.94. The number of nitrogens with zero attached hydrogens (tertiary/aromatic N) is 2. The number of hydrazone groups is 1. The highest BCUT2D eigenvalue weighted by Gasteiger charge is 2.43. The number of carbonyl (C=O) groups excluding carboxylic acids is 2. The van der Waals surface area contributed by atoms with Gasteiger partial charge in [0.2, 0.25) is 5.91 Å². The van der Waals surface area contributed by atoms with Gasteiger partial charge in [-0.2, -0.15) is 5.10 Å². The van der Waals surface area contributed by atoms with Gasteiger partial charge in [0.05, 0.1) is 24.6 Å². The average molecular weight is 456 g/mol. The number of esters is 1. The summed E-state index contributed by atoms with van der Waals surface area (Å²) in [5, 5.41) is 10.0. The number of amides is 1.